The van der Waals surface area contributed by atoms with E-state index in [2.05, 4.69) is 0 Å². The fourth-order valence-electron chi connectivity index (χ4n) is 2.38. The third kappa shape index (κ3) is 3.11. The molecule has 0 atom stereocenters. The third-order valence-electron chi connectivity index (χ3n) is 3.52. The second-order valence-electron chi connectivity index (χ2n) is 5.01. The Labute approximate surface area is 132 Å². The van der Waals surface area contributed by atoms with E-state index in [0.717, 1.165) is 10.8 Å². The van der Waals surface area contributed by atoms with Gasteiger partial charge in [0.25, 0.3) is 0 Å². The summed E-state index contributed by atoms with van der Waals surface area (Å²) in [7, 11) is 0. The lowest BCUT2D eigenvalue weighted by Crippen LogP contribution is -2.15. The van der Waals surface area contributed by atoms with Crippen molar-refractivity contribution >= 4 is 22.5 Å². The molecule has 4 heteroatoms. The Morgan fingerprint density at radius 1 is 0.826 bits per heavy atom. The standard InChI is InChI=1S/C19H13FO3/c20-17-11-4-3-9-16(17)18(21)12-23-19(22)15-10-5-7-13-6-1-2-8-14(13)15/h1-11H,12H2. The SMILES string of the molecule is O=C(COC(=O)c1cccc2ccccc12)c1ccccc1F. The van der Waals surface area contributed by atoms with Gasteiger partial charge >= 0.3 is 5.97 Å². The normalized spacial score (nSPS) is 10.5. The third-order valence-corrected chi connectivity index (χ3v) is 3.52. The van der Waals surface area contributed by atoms with Crippen molar-refractivity contribution in [3.05, 3.63) is 83.7 Å². The Morgan fingerprint density at radius 3 is 2.30 bits per heavy atom. The summed E-state index contributed by atoms with van der Waals surface area (Å²) in [5.74, 6) is -1.80. The molecule has 3 nitrogen and oxygen atoms in total. The Hall–Kier alpha value is -3.01. The van der Waals surface area contributed by atoms with E-state index in [1.54, 1.807) is 18.2 Å². The van der Waals surface area contributed by atoms with Crippen LogP contribution in [0.1, 0.15) is 20.7 Å². The zero-order valence-corrected chi connectivity index (χ0v) is 12.2. The Kier molecular flexibility index (Phi) is 4.15. The molecular formula is C19H13FO3. The summed E-state index contributed by atoms with van der Waals surface area (Å²) in [5.41, 5.74) is 0.294. The molecule has 0 aromatic heterocycles. The lowest BCUT2D eigenvalue weighted by Gasteiger charge is -2.07. The van der Waals surface area contributed by atoms with Gasteiger partial charge in [0.05, 0.1) is 11.1 Å². The van der Waals surface area contributed by atoms with E-state index < -0.39 is 24.2 Å². The van der Waals surface area contributed by atoms with E-state index in [1.165, 1.54) is 18.2 Å². The van der Waals surface area contributed by atoms with E-state index in [4.69, 9.17) is 4.74 Å². The van der Waals surface area contributed by atoms with Crippen LogP contribution in [0.5, 0.6) is 0 Å². The molecule has 0 unspecified atom stereocenters. The molecule has 23 heavy (non-hydrogen) atoms. The summed E-state index contributed by atoms with van der Waals surface area (Å²) in [4.78, 5) is 24.2. The van der Waals surface area contributed by atoms with Gasteiger partial charge in [-0.1, -0.05) is 48.5 Å². The number of ether oxygens (including phenoxy) is 1. The molecule has 0 aliphatic carbocycles. The first-order valence-electron chi connectivity index (χ1n) is 7.09. The molecule has 0 spiro atoms. The van der Waals surface area contributed by atoms with Gasteiger partial charge in [0.2, 0.25) is 5.78 Å². The average Bonchev–Trinajstić information content (AvgIpc) is 2.59. The number of benzene rings is 3. The number of hydrogen-bond acceptors (Lipinski definition) is 3. The van der Waals surface area contributed by atoms with E-state index in [0.29, 0.717) is 5.56 Å². The molecule has 114 valence electrons. The highest BCUT2D eigenvalue weighted by atomic mass is 19.1. The second kappa shape index (κ2) is 6.40. The number of fused-ring (bicyclic) bond motifs is 1. The molecule has 0 amide bonds. The zero-order chi connectivity index (χ0) is 16.2. The number of carbonyl (C=O) groups excluding carboxylic acids is 2. The Morgan fingerprint density at radius 2 is 1.48 bits per heavy atom. The molecule has 0 saturated heterocycles. The number of halogens is 1. The van der Waals surface area contributed by atoms with Crippen LogP contribution in [0.4, 0.5) is 4.39 Å². The monoisotopic (exact) mass is 308 g/mol. The van der Waals surface area contributed by atoms with Crippen LogP contribution in [-0.4, -0.2) is 18.4 Å². The van der Waals surface area contributed by atoms with E-state index in [-0.39, 0.29) is 5.56 Å². The maximum Gasteiger partial charge on any atom is 0.339 e. The maximum absolute atomic E-state index is 13.5. The van der Waals surface area contributed by atoms with Gasteiger partial charge < -0.3 is 4.74 Å². The van der Waals surface area contributed by atoms with Crippen molar-refractivity contribution in [2.45, 2.75) is 0 Å². The Balaban J connectivity index is 1.77. The summed E-state index contributed by atoms with van der Waals surface area (Å²) < 4.78 is 18.6. The largest absolute Gasteiger partial charge is 0.454 e. The van der Waals surface area contributed by atoms with Crippen LogP contribution >= 0.6 is 0 Å². The van der Waals surface area contributed by atoms with Gasteiger partial charge in [-0.3, -0.25) is 4.79 Å². The first-order valence-corrected chi connectivity index (χ1v) is 7.09. The van der Waals surface area contributed by atoms with Crippen molar-refractivity contribution in [2.24, 2.45) is 0 Å². The average molecular weight is 308 g/mol. The lowest BCUT2D eigenvalue weighted by molar-refractivity contribution is 0.0475. The van der Waals surface area contributed by atoms with Crippen molar-refractivity contribution in [1.29, 1.82) is 0 Å². The van der Waals surface area contributed by atoms with Crippen molar-refractivity contribution in [1.82, 2.24) is 0 Å². The highest BCUT2D eigenvalue weighted by Crippen LogP contribution is 2.19. The predicted octanol–water partition coefficient (Wildman–Crippen LogP) is 4.02. The first kappa shape index (κ1) is 14.9. The molecule has 0 fully saturated rings. The van der Waals surface area contributed by atoms with Gasteiger partial charge in [-0.05, 0) is 29.0 Å². The minimum atomic E-state index is -0.626. The number of esters is 1. The maximum atomic E-state index is 13.5. The molecule has 0 bridgehead atoms. The number of Topliss-reactive ketones (excluding diaryl/α,β-unsaturated/α-hetero) is 1. The van der Waals surface area contributed by atoms with Gasteiger partial charge in [0.1, 0.15) is 5.82 Å². The first-order chi connectivity index (χ1) is 11.2. The summed E-state index contributed by atoms with van der Waals surface area (Å²) in [6.45, 7) is -0.497. The molecule has 0 heterocycles. The van der Waals surface area contributed by atoms with Gasteiger partial charge in [0, 0.05) is 0 Å². The van der Waals surface area contributed by atoms with E-state index >= 15 is 0 Å². The van der Waals surface area contributed by atoms with Gasteiger partial charge in [-0.25, -0.2) is 9.18 Å². The van der Waals surface area contributed by atoms with Gasteiger partial charge in [-0.15, -0.1) is 0 Å². The molecule has 0 aliphatic rings. The van der Waals surface area contributed by atoms with Crippen LogP contribution < -0.4 is 0 Å². The Bertz CT molecular complexity index is 881. The predicted molar refractivity (Wildman–Crippen MR) is 85.0 cm³/mol. The van der Waals surface area contributed by atoms with Gasteiger partial charge in [-0.2, -0.15) is 0 Å². The molecule has 0 saturated carbocycles. The van der Waals surface area contributed by atoms with E-state index in [9.17, 15) is 14.0 Å². The molecule has 3 rings (SSSR count). The number of ketones is 1. The van der Waals surface area contributed by atoms with Crippen molar-refractivity contribution in [2.75, 3.05) is 6.61 Å². The van der Waals surface area contributed by atoms with Crippen LogP contribution in [-0.2, 0) is 4.74 Å². The summed E-state index contributed by atoms with van der Waals surface area (Å²) in [5, 5.41) is 1.65. The molecule has 0 aliphatic heterocycles. The van der Waals surface area contributed by atoms with Crippen molar-refractivity contribution < 1.29 is 18.7 Å². The molecule has 0 N–H and O–H groups in total. The highest BCUT2D eigenvalue weighted by Gasteiger charge is 2.16. The smallest absolute Gasteiger partial charge is 0.339 e. The molecule has 0 radical (unpaired) electrons. The second-order valence-corrected chi connectivity index (χ2v) is 5.01. The van der Waals surface area contributed by atoms with Crippen LogP contribution in [0.15, 0.2) is 66.7 Å². The summed E-state index contributed by atoms with van der Waals surface area (Å²) in [6.07, 6.45) is 0. The van der Waals surface area contributed by atoms with Crippen LogP contribution in [0.2, 0.25) is 0 Å². The number of rotatable bonds is 4. The van der Waals surface area contributed by atoms with Crippen LogP contribution in [0.3, 0.4) is 0 Å². The minimum absolute atomic E-state index is 0.0850. The summed E-state index contributed by atoms with van der Waals surface area (Å²) >= 11 is 0. The molecular weight excluding hydrogens is 295 g/mol. The molecule has 3 aromatic carbocycles. The summed E-state index contributed by atoms with van der Waals surface area (Å²) in [6, 6.07) is 18.3. The number of hydrogen-bond donors (Lipinski definition) is 0. The minimum Gasteiger partial charge on any atom is -0.454 e. The lowest BCUT2D eigenvalue weighted by atomic mass is 10.0. The fraction of sp³-hybridized carbons (Fsp3) is 0.0526. The van der Waals surface area contributed by atoms with Crippen LogP contribution in [0.25, 0.3) is 10.8 Å². The van der Waals surface area contributed by atoms with Crippen LogP contribution in [0, 0.1) is 5.82 Å². The highest BCUT2D eigenvalue weighted by molar-refractivity contribution is 6.06. The zero-order valence-electron chi connectivity index (χ0n) is 12.2. The van der Waals surface area contributed by atoms with Gasteiger partial charge in [0.15, 0.2) is 6.61 Å². The quantitative estimate of drug-likeness (QED) is 0.540. The fourth-order valence-corrected chi connectivity index (χ4v) is 2.38. The number of carbonyl (C=O) groups is 2. The van der Waals surface area contributed by atoms with Crippen molar-refractivity contribution in [3.8, 4) is 0 Å². The van der Waals surface area contributed by atoms with Crippen molar-refractivity contribution in [3.63, 3.8) is 0 Å². The molecule has 3 aromatic rings. The topological polar surface area (TPSA) is 43.4 Å². The van der Waals surface area contributed by atoms with E-state index in [1.807, 2.05) is 30.3 Å².